The van der Waals surface area contributed by atoms with Crippen molar-refractivity contribution in [1.82, 2.24) is 0 Å². The molecular weight excluding hydrogens is 336 g/mol. The number of allylic oxidation sites excluding steroid dienone is 1. The molecule has 0 radical (unpaired) electrons. The highest BCUT2D eigenvalue weighted by molar-refractivity contribution is 5.79. The molecule has 7 atom stereocenters. The fourth-order valence-corrected chi connectivity index (χ4v) is 6.07. The maximum atomic E-state index is 12.8. The molecule has 1 spiro atoms. The van der Waals surface area contributed by atoms with Crippen LogP contribution in [0.4, 0.5) is 0 Å². The van der Waals surface area contributed by atoms with Crippen molar-refractivity contribution in [1.29, 1.82) is 0 Å². The van der Waals surface area contributed by atoms with Gasteiger partial charge in [-0.1, -0.05) is 19.1 Å². The molecule has 138 valence electrons. The lowest BCUT2D eigenvalue weighted by atomic mass is 9.44. The average molecular weight is 358 g/mol. The third-order valence-electron chi connectivity index (χ3n) is 7.40. The molecule has 4 aliphatic rings. The van der Waals surface area contributed by atoms with E-state index < -0.39 is 17.4 Å². The van der Waals surface area contributed by atoms with Crippen molar-refractivity contribution in [3.05, 3.63) is 36.3 Å². The number of ether oxygens (including phenoxy) is 2. The zero-order valence-electron chi connectivity index (χ0n) is 14.6. The summed E-state index contributed by atoms with van der Waals surface area (Å²) in [5.41, 5.74) is -0.178. The first kappa shape index (κ1) is 16.1. The Bertz CT molecular complexity index is 782. The van der Waals surface area contributed by atoms with Crippen molar-refractivity contribution in [2.24, 2.45) is 28.6 Å². The van der Waals surface area contributed by atoms with Gasteiger partial charge < -0.3 is 19.0 Å². The van der Waals surface area contributed by atoms with Gasteiger partial charge in [0.05, 0.1) is 35.9 Å². The molecule has 1 aromatic rings. The SMILES string of the molecule is CC12CC(c3ccoc3)OC(=O)C1CC(O)C13COC(=O)C1C=CCC23. The lowest BCUT2D eigenvalue weighted by Gasteiger charge is -2.60. The minimum atomic E-state index is -0.759. The van der Waals surface area contributed by atoms with Gasteiger partial charge in [0.2, 0.25) is 0 Å². The van der Waals surface area contributed by atoms with Gasteiger partial charge in [0.15, 0.2) is 0 Å². The topological polar surface area (TPSA) is 86.0 Å². The van der Waals surface area contributed by atoms with E-state index in [-0.39, 0.29) is 41.9 Å². The number of carbonyl (C=O) groups is 2. The fraction of sp³-hybridized carbons (Fsp3) is 0.600. The molecule has 0 aromatic carbocycles. The third-order valence-corrected chi connectivity index (χ3v) is 7.40. The quantitative estimate of drug-likeness (QED) is 0.613. The molecule has 2 saturated heterocycles. The summed E-state index contributed by atoms with van der Waals surface area (Å²) in [5.74, 6) is -1.36. The van der Waals surface area contributed by atoms with Crippen molar-refractivity contribution >= 4 is 11.9 Å². The van der Waals surface area contributed by atoms with Crippen molar-refractivity contribution in [3.63, 3.8) is 0 Å². The van der Waals surface area contributed by atoms with Crippen molar-refractivity contribution < 1.29 is 28.6 Å². The molecule has 6 nitrogen and oxygen atoms in total. The van der Waals surface area contributed by atoms with Crippen molar-refractivity contribution in [2.45, 2.75) is 38.4 Å². The van der Waals surface area contributed by atoms with Gasteiger partial charge in [-0.05, 0) is 36.7 Å². The highest BCUT2D eigenvalue weighted by atomic mass is 16.6. The molecule has 3 heterocycles. The highest BCUT2D eigenvalue weighted by Crippen LogP contribution is 2.66. The van der Waals surface area contributed by atoms with Crippen LogP contribution in [0, 0.1) is 28.6 Å². The standard InChI is InChI=1S/C20H22O6/c1-19-8-14(11-5-6-24-9-11)26-18(23)13(19)7-16(21)20-10-25-17(22)12(20)3-2-4-15(19)20/h2-3,5-6,9,12-16,21H,4,7-8,10H2,1H3. The lowest BCUT2D eigenvalue weighted by molar-refractivity contribution is -0.215. The van der Waals surface area contributed by atoms with Gasteiger partial charge in [0.25, 0.3) is 0 Å². The van der Waals surface area contributed by atoms with Crippen LogP contribution in [0.15, 0.2) is 35.2 Å². The second-order valence-electron chi connectivity index (χ2n) is 8.41. The number of rotatable bonds is 1. The Morgan fingerprint density at radius 3 is 2.88 bits per heavy atom. The molecule has 26 heavy (non-hydrogen) atoms. The molecule has 2 aliphatic heterocycles. The van der Waals surface area contributed by atoms with Gasteiger partial charge in [-0.2, -0.15) is 0 Å². The molecule has 3 fully saturated rings. The van der Waals surface area contributed by atoms with E-state index in [0.717, 1.165) is 12.0 Å². The van der Waals surface area contributed by atoms with E-state index in [1.54, 1.807) is 12.5 Å². The third kappa shape index (κ3) is 1.85. The Balaban J connectivity index is 1.60. The molecule has 1 saturated carbocycles. The minimum absolute atomic E-state index is 0.0209. The predicted molar refractivity (Wildman–Crippen MR) is 88.5 cm³/mol. The number of cyclic esters (lactones) is 2. The summed E-state index contributed by atoms with van der Waals surface area (Å²) >= 11 is 0. The first-order chi connectivity index (χ1) is 12.5. The van der Waals surface area contributed by atoms with Crippen molar-refractivity contribution in [2.75, 3.05) is 6.61 Å². The summed E-state index contributed by atoms with van der Waals surface area (Å²) in [4.78, 5) is 25.1. The Morgan fingerprint density at radius 1 is 1.27 bits per heavy atom. The van der Waals surface area contributed by atoms with Crippen LogP contribution in [-0.2, 0) is 19.1 Å². The zero-order chi connectivity index (χ0) is 18.1. The van der Waals surface area contributed by atoms with Crippen LogP contribution in [0.1, 0.15) is 37.9 Å². The minimum Gasteiger partial charge on any atom is -0.472 e. The molecule has 2 aliphatic carbocycles. The number of furan rings is 1. The number of aliphatic hydroxyl groups is 1. The summed E-state index contributed by atoms with van der Waals surface area (Å²) in [7, 11) is 0. The van der Waals surface area contributed by atoms with E-state index in [4.69, 9.17) is 13.9 Å². The van der Waals surface area contributed by atoms with E-state index in [2.05, 4.69) is 6.92 Å². The molecule has 0 bridgehead atoms. The Kier molecular flexibility index (Phi) is 3.24. The van der Waals surface area contributed by atoms with Gasteiger partial charge in [-0.25, -0.2) is 0 Å². The van der Waals surface area contributed by atoms with Gasteiger partial charge in [-0.15, -0.1) is 0 Å². The Morgan fingerprint density at radius 2 is 2.12 bits per heavy atom. The van der Waals surface area contributed by atoms with Gasteiger partial charge in [-0.3, -0.25) is 9.59 Å². The largest absolute Gasteiger partial charge is 0.472 e. The lowest BCUT2D eigenvalue weighted by Crippen LogP contribution is -2.63. The van der Waals surface area contributed by atoms with Crippen LogP contribution in [-0.4, -0.2) is 29.8 Å². The number of fused-ring (bicyclic) bond motifs is 2. The van der Waals surface area contributed by atoms with Crippen LogP contribution in [0.2, 0.25) is 0 Å². The maximum absolute atomic E-state index is 12.8. The van der Waals surface area contributed by atoms with Crippen LogP contribution in [0.5, 0.6) is 0 Å². The molecule has 1 aromatic heterocycles. The van der Waals surface area contributed by atoms with Gasteiger partial charge >= 0.3 is 11.9 Å². The molecule has 5 rings (SSSR count). The normalized spacial score (nSPS) is 46.8. The zero-order valence-corrected chi connectivity index (χ0v) is 14.6. The van der Waals surface area contributed by atoms with Crippen molar-refractivity contribution in [3.8, 4) is 0 Å². The summed E-state index contributed by atoms with van der Waals surface area (Å²) in [6.07, 6.45) is 7.64. The van der Waals surface area contributed by atoms with E-state index in [0.29, 0.717) is 12.8 Å². The van der Waals surface area contributed by atoms with Crippen LogP contribution >= 0.6 is 0 Å². The second kappa shape index (κ2) is 5.22. The first-order valence-corrected chi connectivity index (χ1v) is 9.21. The number of carbonyl (C=O) groups excluding carboxylic acids is 2. The number of hydrogen-bond donors (Lipinski definition) is 1. The summed E-state index contributed by atoms with van der Waals surface area (Å²) in [6.45, 7) is 2.34. The summed E-state index contributed by atoms with van der Waals surface area (Å²) < 4.78 is 16.3. The smallest absolute Gasteiger partial charge is 0.313 e. The van der Waals surface area contributed by atoms with Crippen LogP contribution in [0.25, 0.3) is 0 Å². The van der Waals surface area contributed by atoms with E-state index in [1.807, 2.05) is 18.2 Å². The highest BCUT2D eigenvalue weighted by Gasteiger charge is 2.69. The predicted octanol–water partition coefficient (Wildman–Crippen LogP) is 2.39. The number of aliphatic hydroxyl groups excluding tert-OH is 1. The average Bonchev–Trinajstić information content (AvgIpc) is 3.26. The second-order valence-corrected chi connectivity index (χ2v) is 8.41. The summed E-state index contributed by atoms with van der Waals surface area (Å²) in [6, 6.07) is 1.82. The van der Waals surface area contributed by atoms with Gasteiger partial charge in [0.1, 0.15) is 12.7 Å². The van der Waals surface area contributed by atoms with Crippen LogP contribution in [0.3, 0.4) is 0 Å². The molecule has 0 amide bonds. The Hall–Kier alpha value is -2.08. The Labute approximate surface area is 151 Å². The monoisotopic (exact) mass is 358 g/mol. The molecule has 6 heteroatoms. The van der Waals surface area contributed by atoms with Crippen LogP contribution < -0.4 is 0 Å². The first-order valence-electron chi connectivity index (χ1n) is 9.21. The summed E-state index contributed by atoms with van der Waals surface area (Å²) in [5, 5.41) is 11.0. The molecule has 7 unspecified atom stereocenters. The molecular formula is C20H22O6. The van der Waals surface area contributed by atoms with E-state index >= 15 is 0 Å². The molecule has 1 N–H and O–H groups in total. The van der Waals surface area contributed by atoms with E-state index in [1.165, 1.54) is 0 Å². The number of hydrogen-bond acceptors (Lipinski definition) is 6. The maximum Gasteiger partial charge on any atom is 0.313 e. The number of esters is 2. The van der Waals surface area contributed by atoms with E-state index in [9.17, 15) is 14.7 Å². The fourth-order valence-electron chi connectivity index (χ4n) is 6.07. The van der Waals surface area contributed by atoms with Gasteiger partial charge in [0, 0.05) is 5.56 Å².